The Labute approximate surface area is 101 Å². The lowest BCUT2D eigenvalue weighted by atomic mass is 9.92. The fourth-order valence-electron chi connectivity index (χ4n) is 1.88. The fourth-order valence-corrected chi connectivity index (χ4v) is 3.04. The summed E-state index contributed by atoms with van der Waals surface area (Å²) in [6.07, 6.45) is 0.430. The van der Waals surface area contributed by atoms with E-state index in [1.165, 1.54) is 4.31 Å². The molecule has 1 amide bonds. The molecule has 2 atom stereocenters. The van der Waals surface area contributed by atoms with Gasteiger partial charge in [0.15, 0.2) is 0 Å². The highest BCUT2D eigenvalue weighted by molar-refractivity contribution is 7.87. The van der Waals surface area contributed by atoms with Crippen molar-refractivity contribution in [1.29, 1.82) is 0 Å². The van der Waals surface area contributed by atoms with Crippen LogP contribution in [0.5, 0.6) is 0 Å². The topological polar surface area (TPSA) is 102 Å². The van der Waals surface area contributed by atoms with Gasteiger partial charge in [-0.1, -0.05) is 13.3 Å². The molecule has 1 rings (SSSR count). The number of ether oxygens (including phenoxy) is 1. The molecule has 2 unspecified atom stereocenters. The van der Waals surface area contributed by atoms with Gasteiger partial charge < -0.3 is 10.5 Å². The molecule has 8 heteroatoms. The largest absolute Gasteiger partial charge is 0.452 e. The average Bonchev–Trinajstić information content (AvgIpc) is 2.28. The maximum Gasteiger partial charge on any atom is 0.421 e. The highest BCUT2D eigenvalue weighted by Gasteiger charge is 2.33. The molecule has 100 valence electrons. The van der Waals surface area contributed by atoms with Gasteiger partial charge in [0, 0.05) is 19.1 Å². The van der Waals surface area contributed by atoms with E-state index in [1.54, 1.807) is 0 Å². The van der Waals surface area contributed by atoms with Crippen LogP contribution in [0.2, 0.25) is 0 Å². The number of amides is 1. The third kappa shape index (κ3) is 3.55. The zero-order valence-electron chi connectivity index (χ0n) is 10.0. The smallest absolute Gasteiger partial charge is 0.421 e. The molecule has 1 heterocycles. The summed E-state index contributed by atoms with van der Waals surface area (Å²) < 4.78 is 30.9. The predicted octanol–water partition coefficient (Wildman–Crippen LogP) is -0.354. The number of nitrogens with zero attached hydrogens (tertiary/aromatic N) is 1. The molecule has 0 bridgehead atoms. The van der Waals surface area contributed by atoms with Crippen molar-refractivity contribution in [3.8, 4) is 0 Å². The number of piperidine rings is 1. The minimum absolute atomic E-state index is 0.0181. The summed E-state index contributed by atoms with van der Waals surface area (Å²) >= 11 is 0. The second-order valence-corrected chi connectivity index (χ2v) is 5.75. The summed E-state index contributed by atoms with van der Waals surface area (Å²) in [7, 11) is -2.69. The van der Waals surface area contributed by atoms with Crippen LogP contribution in [0.25, 0.3) is 0 Å². The van der Waals surface area contributed by atoms with Crippen molar-refractivity contribution in [3.05, 3.63) is 0 Å². The van der Waals surface area contributed by atoms with Crippen LogP contribution in [-0.2, 0) is 14.9 Å². The standard InChI is InChI=1S/C9H19N3O4S/c1-3-7-6-12(5-4-8(7)10)17(14,15)11-9(13)16-2/h7-8H,3-6,10H2,1-2H3,(H,11,13). The van der Waals surface area contributed by atoms with Gasteiger partial charge in [-0.25, -0.2) is 9.52 Å². The molecule has 1 aliphatic rings. The lowest BCUT2D eigenvalue weighted by Gasteiger charge is -2.35. The number of methoxy groups -OCH3 is 1. The molecule has 0 aromatic heterocycles. The molecule has 3 N–H and O–H groups in total. The van der Waals surface area contributed by atoms with E-state index < -0.39 is 16.3 Å². The SMILES string of the molecule is CCC1CN(S(=O)(=O)NC(=O)OC)CCC1N. The van der Waals surface area contributed by atoms with Gasteiger partial charge in [0.05, 0.1) is 7.11 Å². The van der Waals surface area contributed by atoms with E-state index in [9.17, 15) is 13.2 Å². The first kappa shape index (κ1) is 14.2. The highest BCUT2D eigenvalue weighted by atomic mass is 32.2. The molecular weight excluding hydrogens is 246 g/mol. The molecule has 0 saturated carbocycles. The van der Waals surface area contributed by atoms with Crippen LogP contribution in [0.3, 0.4) is 0 Å². The van der Waals surface area contributed by atoms with E-state index in [1.807, 2.05) is 11.6 Å². The van der Waals surface area contributed by atoms with Gasteiger partial charge >= 0.3 is 16.3 Å². The summed E-state index contributed by atoms with van der Waals surface area (Å²) in [5.41, 5.74) is 5.89. The van der Waals surface area contributed by atoms with Crippen LogP contribution < -0.4 is 10.5 Å². The van der Waals surface area contributed by atoms with Crippen LogP contribution in [-0.4, -0.2) is 45.1 Å². The van der Waals surface area contributed by atoms with E-state index >= 15 is 0 Å². The van der Waals surface area contributed by atoms with Crippen LogP contribution in [0.4, 0.5) is 4.79 Å². The van der Waals surface area contributed by atoms with Gasteiger partial charge in [-0.3, -0.25) is 0 Å². The van der Waals surface area contributed by atoms with Crippen molar-refractivity contribution in [2.24, 2.45) is 11.7 Å². The summed E-state index contributed by atoms with van der Waals surface area (Å²) in [5.74, 6) is 0.123. The van der Waals surface area contributed by atoms with Gasteiger partial charge in [-0.2, -0.15) is 12.7 Å². The van der Waals surface area contributed by atoms with E-state index in [0.29, 0.717) is 19.5 Å². The van der Waals surface area contributed by atoms with Gasteiger partial charge in [-0.05, 0) is 12.3 Å². The third-order valence-corrected chi connectivity index (χ3v) is 4.45. The number of carbonyl (C=O) groups is 1. The van der Waals surface area contributed by atoms with Crippen LogP contribution in [0.1, 0.15) is 19.8 Å². The summed E-state index contributed by atoms with van der Waals surface area (Å²) in [6, 6.07) is 0.0181. The second kappa shape index (κ2) is 5.65. The Morgan fingerprint density at radius 2 is 2.24 bits per heavy atom. The number of nitrogens with two attached hydrogens (primary N) is 1. The maximum atomic E-state index is 11.8. The fraction of sp³-hybridized carbons (Fsp3) is 0.889. The number of hydrogen-bond acceptors (Lipinski definition) is 5. The van der Waals surface area contributed by atoms with E-state index in [2.05, 4.69) is 4.74 Å². The molecule has 0 radical (unpaired) electrons. The molecule has 17 heavy (non-hydrogen) atoms. The van der Waals surface area contributed by atoms with E-state index in [-0.39, 0.29) is 12.0 Å². The third-order valence-electron chi connectivity index (χ3n) is 3.02. The second-order valence-electron chi connectivity index (χ2n) is 4.08. The molecule has 1 saturated heterocycles. The van der Waals surface area contributed by atoms with E-state index in [4.69, 9.17) is 5.73 Å². The Bertz CT molecular complexity index is 370. The zero-order chi connectivity index (χ0) is 13.1. The van der Waals surface area contributed by atoms with Crippen molar-refractivity contribution in [2.45, 2.75) is 25.8 Å². The summed E-state index contributed by atoms with van der Waals surface area (Å²) in [5, 5.41) is 0. The maximum absolute atomic E-state index is 11.8. The lowest BCUT2D eigenvalue weighted by Crippen LogP contribution is -2.52. The van der Waals surface area contributed by atoms with Gasteiger partial charge in [-0.15, -0.1) is 0 Å². The molecular formula is C9H19N3O4S. The summed E-state index contributed by atoms with van der Waals surface area (Å²) in [6.45, 7) is 2.63. The molecule has 1 fully saturated rings. The normalized spacial score (nSPS) is 26.5. The van der Waals surface area contributed by atoms with Crippen molar-refractivity contribution in [3.63, 3.8) is 0 Å². The van der Waals surface area contributed by atoms with Crippen molar-refractivity contribution < 1.29 is 17.9 Å². The highest BCUT2D eigenvalue weighted by Crippen LogP contribution is 2.20. The molecule has 0 aromatic carbocycles. The predicted molar refractivity (Wildman–Crippen MR) is 62.4 cm³/mol. The number of rotatable bonds is 3. The zero-order valence-corrected chi connectivity index (χ0v) is 10.9. The van der Waals surface area contributed by atoms with Gasteiger partial charge in [0.25, 0.3) is 0 Å². The van der Waals surface area contributed by atoms with E-state index in [0.717, 1.165) is 13.5 Å². The first-order valence-corrected chi connectivity index (χ1v) is 6.96. The minimum atomic E-state index is -3.81. The first-order valence-electron chi connectivity index (χ1n) is 5.52. The molecule has 0 aromatic rings. The van der Waals surface area contributed by atoms with Crippen molar-refractivity contribution >= 4 is 16.3 Å². The first-order chi connectivity index (χ1) is 7.90. The van der Waals surface area contributed by atoms with Gasteiger partial charge in [0.2, 0.25) is 0 Å². The molecule has 0 spiro atoms. The Hall–Kier alpha value is -0.860. The average molecular weight is 265 g/mol. The minimum Gasteiger partial charge on any atom is -0.452 e. The Kier molecular flexibility index (Phi) is 4.72. The number of hydrogen-bond donors (Lipinski definition) is 2. The molecule has 7 nitrogen and oxygen atoms in total. The van der Waals surface area contributed by atoms with Crippen molar-refractivity contribution in [2.75, 3.05) is 20.2 Å². The monoisotopic (exact) mass is 265 g/mol. The van der Waals surface area contributed by atoms with Crippen LogP contribution in [0.15, 0.2) is 0 Å². The summed E-state index contributed by atoms with van der Waals surface area (Å²) in [4.78, 5) is 10.9. The Morgan fingerprint density at radius 3 is 2.76 bits per heavy atom. The van der Waals surface area contributed by atoms with Gasteiger partial charge in [0.1, 0.15) is 0 Å². The number of carbonyl (C=O) groups excluding carboxylic acids is 1. The van der Waals surface area contributed by atoms with Crippen LogP contribution in [0, 0.1) is 5.92 Å². The number of nitrogens with one attached hydrogen (secondary N) is 1. The van der Waals surface area contributed by atoms with Crippen molar-refractivity contribution in [1.82, 2.24) is 9.03 Å². The molecule has 0 aliphatic carbocycles. The lowest BCUT2D eigenvalue weighted by molar-refractivity contribution is 0.175. The molecule has 1 aliphatic heterocycles. The Balaban J connectivity index is 2.70. The quantitative estimate of drug-likeness (QED) is 0.726. The Morgan fingerprint density at radius 1 is 1.59 bits per heavy atom. The van der Waals surface area contributed by atoms with Crippen LogP contribution >= 0.6 is 0 Å².